The average molecular weight is 448 g/mol. The minimum Gasteiger partial charge on any atom is -0.477 e. The van der Waals surface area contributed by atoms with Gasteiger partial charge in [-0.15, -0.1) is 0 Å². The van der Waals surface area contributed by atoms with Crippen molar-refractivity contribution in [2.24, 2.45) is 11.7 Å². The molecule has 1 aromatic rings. The second-order valence-electron chi connectivity index (χ2n) is 8.90. The molecule has 3 amide bonds. The highest BCUT2D eigenvalue weighted by Gasteiger charge is 2.63. The number of anilines is 1. The van der Waals surface area contributed by atoms with Gasteiger partial charge in [0.15, 0.2) is 0 Å². The van der Waals surface area contributed by atoms with Gasteiger partial charge in [-0.2, -0.15) is 0 Å². The second kappa shape index (κ2) is 7.61. The number of carbonyl (C=O) groups is 4. The third kappa shape index (κ3) is 3.31. The van der Waals surface area contributed by atoms with E-state index in [0.29, 0.717) is 25.0 Å². The van der Waals surface area contributed by atoms with Crippen LogP contribution >= 0.6 is 0 Å². The molecule has 0 aromatic heterocycles. The number of carboxylic acids is 1. The normalized spacial score (nSPS) is 25.6. The van der Waals surface area contributed by atoms with Crippen molar-refractivity contribution >= 4 is 29.4 Å². The predicted molar refractivity (Wildman–Crippen MR) is 118 cm³/mol. The molecule has 0 saturated carbocycles. The first-order valence-corrected chi connectivity index (χ1v) is 10.8. The van der Waals surface area contributed by atoms with Crippen LogP contribution in [-0.2, 0) is 25.6 Å². The number of likely N-dealkylation sites (tertiary alicyclic amines) is 1. The van der Waals surface area contributed by atoms with Crippen LogP contribution in [0.4, 0.5) is 5.69 Å². The third-order valence-electron chi connectivity index (χ3n) is 6.84. The van der Waals surface area contributed by atoms with E-state index in [1.54, 1.807) is 15.9 Å². The number of nitrogens with two attached hydrogens (primary N) is 1. The van der Waals surface area contributed by atoms with Crippen LogP contribution in [0.25, 0.3) is 0 Å². The fourth-order valence-corrected chi connectivity index (χ4v) is 5.53. The largest absolute Gasteiger partial charge is 0.477 e. The molecule has 5 rings (SSSR count). The number of carbonyl (C=O) groups excluding carboxylic acids is 3. The van der Waals surface area contributed by atoms with Crippen LogP contribution < -0.4 is 10.6 Å². The Balaban J connectivity index is 1.46. The summed E-state index contributed by atoms with van der Waals surface area (Å²) in [4.78, 5) is 53.1. The van der Waals surface area contributed by atoms with Crippen molar-refractivity contribution in [3.05, 3.63) is 65.0 Å². The number of β-lactam (4-membered cyclic amide) rings is 1. The average Bonchev–Trinajstić information content (AvgIpc) is 3.13. The van der Waals surface area contributed by atoms with Crippen molar-refractivity contribution in [3.8, 4) is 0 Å². The molecule has 4 heterocycles. The Hall–Kier alpha value is -3.88. The Bertz CT molecular complexity index is 1180. The van der Waals surface area contributed by atoms with Crippen LogP contribution in [-0.4, -0.2) is 63.8 Å². The van der Waals surface area contributed by atoms with E-state index in [0.717, 1.165) is 16.8 Å². The number of primary amides is 1. The molecule has 2 unspecified atom stereocenters. The van der Waals surface area contributed by atoms with E-state index in [9.17, 15) is 24.3 Å². The van der Waals surface area contributed by atoms with Crippen molar-refractivity contribution in [1.82, 2.24) is 9.80 Å². The molecular weight excluding hydrogens is 424 g/mol. The topological polar surface area (TPSA) is 124 Å². The van der Waals surface area contributed by atoms with Crippen molar-refractivity contribution in [1.29, 1.82) is 0 Å². The van der Waals surface area contributed by atoms with Crippen molar-refractivity contribution < 1.29 is 24.3 Å². The third-order valence-corrected chi connectivity index (χ3v) is 6.84. The van der Waals surface area contributed by atoms with Gasteiger partial charge in [0.1, 0.15) is 18.3 Å². The zero-order valence-electron chi connectivity index (χ0n) is 18.1. The molecule has 0 spiro atoms. The van der Waals surface area contributed by atoms with E-state index in [1.165, 1.54) is 11.8 Å². The molecule has 9 nitrogen and oxygen atoms in total. The lowest BCUT2D eigenvalue weighted by Crippen LogP contribution is -2.69. The Morgan fingerprint density at radius 3 is 2.67 bits per heavy atom. The van der Waals surface area contributed by atoms with Crippen molar-refractivity contribution in [2.45, 2.75) is 31.8 Å². The van der Waals surface area contributed by atoms with E-state index in [1.807, 2.05) is 36.5 Å². The zero-order valence-corrected chi connectivity index (χ0v) is 18.1. The summed E-state index contributed by atoms with van der Waals surface area (Å²) >= 11 is 0. The second-order valence-corrected chi connectivity index (χ2v) is 8.90. The van der Waals surface area contributed by atoms with Crippen molar-refractivity contribution in [2.75, 3.05) is 18.0 Å². The summed E-state index contributed by atoms with van der Waals surface area (Å²) in [7, 11) is 0. The zero-order chi connectivity index (χ0) is 23.4. The molecular formula is C24H24N4O5. The minimum absolute atomic E-state index is 0.00627. The highest BCUT2D eigenvalue weighted by atomic mass is 16.4. The Kier molecular flexibility index (Phi) is 4.84. The maximum Gasteiger partial charge on any atom is 0.352 e. The number of hydrogen-bond donors (Lipinski definition) is 2. The van der Waals surface area contributed by atoms with Gasteiger partial charge >= 0.3 is 5.97 Å². The first-order chi connectivity index (χ1) is 15.8. The number of carboxylic acid groups (broad SMARTS) is 1. The number of fused-ring (bicyclic) bond motifs is 1. The van der Waals surface area contributed by atoms with Gasteiger partial charge in [0.25, 0.3) is 5.91 Å². The summed E-state index contributed by atoms with van der Waals surface area (Å²) in [6.45, 7) is 1.91. The predicted octanol–water partition coefficient (Wildman–Crippen LogP) is 0.775. The molecule has 0 radical (unpaired) electrons. The standard InChI is InChI=1S/C24H24N4O5/c1-13(29)27-11-17-9-16(21(24(32)33)28-20(17)22(27)23(28)31)7-6-14-8-15-4-2-3-5-18(15)26(10-14)12-19(25)30/h2-7,10,17,20,22H,8-9,11-12H2,1H3,(H2,25,30)(H,32,33)/t17?,20-,22?/m1/s1. The molecule has 1 aromatic carbocycles. The molecule has 9 heteroatoms. The SMILES string of the molecule is CC(=O)N1CC2CC(C=CC3=CN(CC(N)=O)c4ccccc4C3)=C(C(=O)O)N3C(=O)C1[C@@H]23. The number of aliphatic carboxylic acids is 1. The smallest absolute Gasteiger partial charge is 0.352 e. The lowest BCUT2D eigenvalue weighted by molar-refractivity contribution is -0.159. The summed E-state index contributed by atoms with van der Waals surface area (Å²) in [5, 5.41) is 9.88. The first-order valence-electron chi connectivity index (χ1n) is 10.8. The fourth-order valence-electron chi connectivity index (χ4n) is 5.53. The van der Waals surface area contributed by atoms with Crippen LogP contribution in [0.5, 0.6) is 0 Å². The van der Waals surface area contributed by atoms with E-state index >= 15 is 0 Å². The minimum atomic E-state index is -1.15. The van der Waals surface area contributed by atoms with Crippen LogP contribution in [0.15, 0.2) is 59.5 Å². The van der Waals surface area contributed by atoms with Gasteiger partial charge in [0.05, 0.1) is 6.04 Å². The molecule has 4 aliphatic heterocycles. The quantitative estimate of drug-likeness (QED) is 0.642. The highest BCUT2D eigenvalue weighted by molar-refractivity contribution is 6.02. The Labute approximate surface area is 190 Å². The van der Waals surface area contributed by atoms with Gasteiger partial charge in [0.2, 0.25) is 11.8 Å². The Morgan fingerprint density at radius 2 is 1.97 bits per heavy atom. The number of hydrogen-bond acceptors (Lipinski definition) is 5. The number of nitrogens with zero attached hydrogens (tertiary/aromatic N) is 3. The molecule has 0 bridgehead atoms. The van der Waals surface area contributed by atoms with E-state index in [-0.39, 0.29) is 36.0 Å². The van der Waals surface area contributed by atoms with Gasteiger partial charge in [0, 0.05) is 37.7 Å². The number of para-hydroxylation sites is 1. The monoisotopic (exact) mass is 448 g/mol. The van der Waals surface area contributed by atoms with Gasteiger partial charge in [-0.25, -0.2) is 4.79 Å². The fraction of sp³-hybridized carbons (Fsp3) is 0.333. The molecule has 3 N–H and O–H groups in total. The van der Waals surface area contributed by atoms with Gasteiger partial charge in [-0.3, -0.25) is 19.3 Å². The summed E-state index contributed by atoms with van der Waals surface area (Å²) in [5.74, 6) is -2.11. The molecule has 33 heavy (non-hydrogen) atoms. The lowest BCUT2D eigenvalue weighted by atomic mass is 9.79. The molecule has 2 saturated heterocycles. The molecule has 4 aliphatic rings. The van der Waals surface area contributed by atoms with E-state index in [2.05, 4.69) is 0 Å². The van der Waals surface area contributed by atoms with Crippen LogP contribution in [0.3, 0.4) is 0 Å². The lowest BCUT2D eigenvalue weighted by Gasteiger charge is -2.49. The van der Waals surface area contributed by atoms with E-state index in [4.69, 9.17) is 5.73 Å². The summed E-state index contributed by atoms with van der Waals surface area (Å²) in [6, 6.07) is 6.91. The summed E-state index contributed by atoms with van der Waals surface area (Å²) in [6.07, 6.45) is 6.52. The van der Waals surface area contributed by atoms with Crippen molar-refractivity contribution in [3.63, 3.8) is 0 Å². The molecule has 0 aliphatic carbocycles. The number of amides is 3. The first kappa shape index (κ1) is 21.0. The maximum absolute atomic E-state index is 12.8. The van der Waals surface area contributed by atoms with Gasteiger partial charge in [-0.1, -0.05) is 30.4 Å². The number of benzene rings is 1. The molecule has 3 atom stereocenters. The van der Waals surface area contributed by atoms with Gasteiger partial charge < -0.3 is 20.6 Å². The maximum atomic E-state index is 12.8. The molecule has 170 valence electrons. The Morgan fingerprint density at radius 1 is 1.21 bits per heavy atom. The summed E-state index contributed by atoms with van der Waals surface area (Å²) in [5.41, 5.74) is 8.80. The van der Waals surface area contributed by atoms with Gasteiger partial charge in [-0.05, 0) is 29.2 Å². The summed E-state index contributed by atoms with van der Waals surface area (Å²) < 4.78 is 0. The van der Waals surface area contributed by atoms with Crippen LogP contribution in [0, 0.1) is 5.92 Å². The van der Waals surface area contributed by atoms with Crippen LogP contribution in [0.1, 0.15) is 18.9 Å². The molecule has 2 fully saturated rings. The number of allylic oxidation sites excluding steroid dienone is 4. The van der Waals surface area contributed by atoms with E-state index < -0.39 is 17.9 Å². The number of rotatable bonds is 5. The highest BCUT2D eigenvalue weighted by Crippen LogP contribution is 2.47. The van der Waals surface area contributed by atoms with Crippen LogP contribution in [0.2, 0.25) is 0 Å².